The number of hydrogen-bond donors (Lipinski definition) is 3. The fraction of sp³-hybridized carbons (Fsp3) is 0.917. The molecule has 1 unspecified atom stereocenters. The number of amides is 2. The summed E-state index contributed by atoms with van der Waals surface area (Å²) in [4.78, 5) is 15.5. The van der Waals surface area contributed by atoms with Gasteiger partial charge in [0, 0.05) is 45.3 Å². The molecule has 2 aliphatic rings. The molecule has 3 N–H and O–H groups in total. The van der Waals surface area contributed by atoms with Gasteiger partial charge in [-0.2, -0.15) is 0 Å². The van der Waals surface area contributed by atoms with Crippen LogP contribution < -0.4 is 10.6 Å². The average Bonchev–Trinajstić information content (AvgIpc) is 2.98. The lowest BCUT2D eigenvalue weighted by molar-refractivity contribution is 0.167. The summed E-state index contributed by atoms with van der Waals surface area (Å²) in [6, 6.07) is 0.585. The molecule has 0 radical (unpaired) electrons. The van der Waals surface area contributed by atoms with Crippen molar-refractivity contribution in [1.29, 1.82) is 0 Å². The van der Waals surface area contributed by atoms with Gasteiger partial charge in [0.1, 0.15) is 0 Å². The van der Waals surface area contributed by atoms with Gasteiger partial charge in [-0.05, 0) is 19.4 Å². The number of nitrogens with zero attached hydrogens (tertiary/aromatic N) is 2. The minimum Gasteiger partial charge on any atom is -0.395 e. The summed E-state index contributed by atoms with van der Waals surface area (Å²) in [5.74, 6) is 0. The molecule has 0 bridgehead atoms. The van der Waals surface area contributed by atoms with Crippen molar-refractivity contribution in [3.63, 3.8) is 0 Å². The molecule has 2 aliphatic heterocycles. The van der Waals surface area contributed by atoms with E-state index in [9.17, 15) is 4.79 Å². The van der Waals surface area contributed by atoms with Gasteiger partial charge in [0.05, 0.1) is 6.61 Å². The first-order chi connectivity index (χ1) is 8.79. The SMILES string of the molecule is O=C1NCCN1CCN(CCO)CC1CCCN1. The van der Waals surface area contributed by atoms with E-state index in [0.29, 0.717) is 12.6 Å². The molecule has 2 saturated heterocycles. The van der Waals surface area contributed by atoms with Crippen molar-refractivity contribution in [3.8, 4) is 0 Å². The highest BCUT2D eigenvalue weighted by molar-refractivity contribution is 5.76. The summed E-state index contributed by atoms with van der Waals surface area (Å²) in [6.07, 6.45) is 2.46. The van der Waals surface area contributed by atoms with Gasteiger partial charge in [0.25, 0.3) is 0 Å². The Bertz CT molecular complexity index is 269. The summed E-state index contributed by atoms with van der Waals surface area (Å²) in [7, 11) is 0. The third kappa shape index (κ3) is 3.83. The number of aliphatic hydroxyl groups is 1. The van der Waals surface area contributed by atoms with Gasteiger partial charge in [0.15, 0.2) is 0 Å². The Kier molecular flexibility index (Phi) is 5.22. The highest BCUT2D eigenvalue weighted by Crippen LogP contribution is 2.07. The Morgan fingerprint density at radius 3 is 2.89 bits per heavy atom. The van der Waals surface area contributed by atoms with Gasteiger partial charge < -0.3 is 20.6 Å². The normalized spacial score (nSPS) is 24.0. The molecule has 6 heteroatoms. The van der Waals surface area contributed by atoms with Crippen LogP contribution in [0.25, 0.3) is 0 Å². The van der Waals surface area contributed by atoms with E-state index >= 15 is 0 Å². The van der Waals surface area contributed by atoms with Gasteiger partial charge >= 0.3 is 6.03 Å². The minimum atomic E-state index is 0.0398. The van der Waals surface area contributed by atoms with E-state index in [2.05, 4.69) is 15.5 Å². The van der Waals surface area contributed by atoms with E-state index < -0.39 is 0 Å². The third-order valence-electron chi connectivity index (χ3n) is 3.69. The molecule has 0 aromatic rings. The third-order valence-corrected chi connectivity index (χ3v) is 3.69. The fourth-order valence-corrected chi connectivity index (χ4v) is 2.65. The van der Waals surface area contributed by atoms with Crippen LogP contribution in [-0.4, -0.2) is 79.4 Å². The highest BCUT2D eigenvalue weighted by Gasteiger charge is 2.21. The Balaban J connectivity index is 1.72. The first-order valence-corrected chi connectivity index (χ1v) is 6.89. The minimum absolute atomic E-state index is 0.0398. The van der Waals surface area contributed by atoms with Crippen LogP contribution in [0.2, 0.25) is 0 Å². The van der Waals surface area contributed by atoms with E-state index in [1.807, 2.05) is 4.90 Å². The van der Waals surface area contributed by atoms with Crippen molar-refractivity contribution in [1.82, 2.24) is 20.4 Å². The number of nitrogens with one attached hydrogen (secondary N) is 2. The molecular formula is C12H24N4O2. The van der Waals surface area contributed by atoms with Gasteiger partial charge in [-0.3, -0.25) is 4.90 Å². The molecule has 2 rings (SSSR count). The summed E-state index contributed by atoms with van der Waals surface area (Å²) >= 11 is 0. The van der Waals surface area contributed by atoms with Crippen molar-refractivity contribution >= 4 is 6.03 Å². The Labute approximate surface area is 108 Å². The van der Waals surface area contributed by atoms with Crippen LogP contribution in [0.3, 0.4) is 0 Å². The molecule has 0 spiro atoms. The Hall–Kier alpha value is -0.850. The van der Waals surface area contributed by atoms with E-state index in [1.54, 1.807) is 0 Å². The zero-order chi connectivity index (χ0) is 12.8. The summed E-state index contributed by atoms with van der Waals surface area (Å²) in [5, 5.41) is 15.4. The fourth-order valence-electron chi connectivity index (χ4n) is 2.65. The molecule has 0 aliphatic carbocycles. The molecule has 6 nitrogen and oxygen atoms in total. The van der Waals surface area contributed by atoms with Crippen LogP contribution in [0.5, 0.6) is 0 Å². The monoisotopic (exact) mass is 256 g/mol. The second-order valence-electron chi connectivity index (χ2n) is 5.04. The predicted octanol–water partition coefficient (Wildman–Crippen LogP) is -0.942. The van der Waals surface area contributed by atoms with Gasteiger partial charge in [-0.25, -0.2) is 4.79 Å². The van der Waals surface area contributed by atoms with Crippen molar-refractivity contribution < 1.29 is 9.90 Å². The van der Waals surface area contributed by atoms with E-state index in [-0.39, 0.29) is 12.6 Å². The maximum absolute atomic E-state index is 11.4. The quantitative estimate of drug-likeness (QED) is 0.550. The Morgan fingerprint density at radius 2 is 2.28 bits per heavy atom. The Morgan fingerprint density at radius 1 is 1.39 bits per heavy atom. The molecule has 18 heavy (non-hydrogen) atoms. The average molecular weight is 256 g/mol. The smallest absolute Gasteiger partial charge is 0.317 e. The molecule has 2 heterocycles. The lowest BCUT2D eigenvalue weighted by atomic mass is 10.2. The number of hydrogen-bond acceptors (Lipinski definition) is 4. The number of aliphatic hydroxyl groups excluding tert-OH is 1. The molecule has 0 saturated carbocycles. The van der Waals surface area contributed by atoms with Crippen LogP contribution in [-0.2, 0) is 0 Å². The lowest BCUT2D eigenvalue weighted by Crippen LogP contribution is -2.43. The molecule has 2 fully saturated rings. The van der Waals surface area contributed by atoms with Crippen LogP contribution in [0.15, 0.2) is 0 Å². The van der Waals surface area contributed by atoms with Gasteiger partial charge in [-0.15, -0.1) is 0 Å². The molecule has 1 atom stereocenters. The number of carbonyl (C=O) groups is 1. The molecule has 2 amide bonds. The maximum Gasteiger partial charge on any atom is 0.317 e. The molecule has 104 valence electrons. The standard InChI is InChI=1S/C12H24N4O2/c17-9-8-15(10-11-2-1-3-13-11)6-7-16-5-4-14-12(16)18/h11,13,17H,1-10H2,(H,14,18). The topological polar surface area (TPSA) is 67.8 Å². The highest BCUT2D eigenvalue weighted by atomic mass is 16.3. The van der Waals surface area contributed by atoms with E-state index in [4.69, 9.17) is 5.11 Å². The summed E-state index contributed by atoms with van der Waals surface area (Å²) in [5.41, 5.74) is 0. The molecule has 0 aromatic carbocycles. The van der Waals surface area contributed by atoms with Crippen LogP contribution >= 0.6 is 0 Å². The van der Waals surface area contributed by atoms with Gasteiger partial charge in [0.2, 0.25) is 0 Å². The maximum atomic E-state index is 11.4. The second-order valence-corrected chi connectivity index (χ2v) is 5.04. The van der Waals surface area contributed by atoms with Crippen LogP contribution in [0.1, 0.15) is 12.8 Å². The summed E-state index contributed by atoms with van der Waals surface area (Å²) in [6.45, 7) is 6.08. The number of urea groups is 1. The van der Waals surface area contributed by atoms with Crippen LogP contribution in [0.4, 0.5) is 4.79 Å². The van der Waals surface area contributed by atoms with Crippen LogP contribution in [0, 0.1) is 0 Å². The van der Waals surface area contributed by atoms with Crippen molar-refractivity contribution in [2.75, 3.05) is 52.4 Å². The largest absolute Gasteiger partial charge is 0.395 e. The second kappa shape index (κ2) is 6.92. The van der Waals surface area contributed by atoms with Crippen molar-refractivity contribution in [2.24, 2.45) is 0 Å². The van der Waals surface area contributed by atoms with E-state index in [1.165, 1.54) is 12.8 Å². The first kappa shape index (κ1) is 13.6. The van der Waals surface area contributed by atoms with Crippen molar-refractivity contribution in [2.45, 2.75) is 18.9 Å². The molecular weight excluding hydrogens is 232 g/mol. The first-order valence-electron chi connectivity index (χ1n) is 6.89. The predicted molar refractivity (Wildman–Crippen MR) is 69.5 cm³/mol. The number of carbonyl (C=O) groups excluding carboxylic acids is 1. The van der Waals surface area contributed by atoms with Crippen molar-refractivity contribution in [3.05, 3.63) is 0 Å². The lowest BCUT2D eigenvalue weighted by Gasteiger charge is -2.26. The molecule has 0 aromatic heterocycles. The zero-order valence-corrected chi connectivity index (χ0v) is 10.9. The number of rotatable bonds is 7. The van der Waals surface area contributed by atoms with Gasteiger partial charge in [-0.1, -0.05) is 0 Å². The van der Waals surface area contributed by atoms with E-state index in [0.717, 1.165) is 39.3 Å². The summed E-state index contributed by atoms with van der Waals surface area (Å²) < 4.78 is 0. The zero-order valence-electron chi connectivity index (χ0n) is 10.9.